The van der Waals surface area contributed by atoms with Gasteiger partial charge >= 0.3 is 0 Å². The van der Waals surface area contributed by atoms with Crippen LogP contribution in [0.25, 0.3) is 0 Å². The van der Waals surface area contributed by atoms with E-state index in [1.54, 1.807) is 0 Å². The highest BCUT2D eigenvalue weighted by Gasteiger charge is 2.18. The zero-order valence-electron chi connectivity index (χ0n) is 7.54. The molecular formula is C9H20ClNO. The van der Waals surface area contributed by atoms with Crippen LogP contribution in [0.5, 0.6) is 0 Å². The number of aliphatic hydroxyl groups excluding tert-OH is 1. The summed E-state index contributed by atoms with van der Waals surface area (Å²) in [6.45, 7) is 0.654. The summed E-state index contributed by atoms with van der Waals surface area (Å²) in [5, 5.41) is 9.59. The second kappa shape index (κ2) is 6.70. The molecule has 1 aliphatic carbocycles. The summed E-state index contributed by atoms with van der Waals surface area (Å²) < 4.78 is 0. The summed E-state index contributed by atoms with van der Waals surface area (Å²) in [4.78, 5) is 0. The molecule has 74 valence electrons. The van der Waals surface area contributed by atoms with Gasteiger partial charge in [-0.1, -0.05) is 25.7 Å². The van der Waals surface area contributed by atoms with Gasteiger partial charge in [-0.05, 0) is 25.3 Å². The zero-order valence-corrected chi connectivity index (χ0v) is 8.35. The fraction of sp³-hybridized carbons (Fsp3) is 1.00. The molecule has 0 aliphatic heterocycles. The van der Waals surface area contributed by atoms with Crippen molar-refractivity contribution in [3.05, 3.63) is 0 Å². The van der Waals surface area contributed by atoms with E-state index in [0.717, 1.165) is 12.8 Å². The minimum atomic E-state index is -0.125. The standard InChI is InChI=1S/C9H19NO.ClH/c10-7-8-5-3-1-2-4-6-9(8)11;/h8-9,11H,1-7,10H2;1H/t8-,9-;/m0./s1. The van der Waals surface area contributed by atoms with Crippen LogP contribution in [0, 0.1) is 5.92 Å². The maximum atomic E-state index is 9.59. The highest BCUT2D eigenvalue weighted by molar-refractivity contribution is 5.85. The summed E-state index contributed by atoms with van der Waals surface area (Å²) in [7, 11) is 0. The van der Waals surface area contributed by atoms with E-state index in [0.29, 0.717) is 12.5 Å². The molecule has 2 atom stereocenters. The lowest BCUT2D eigenvalue weighted by molar-refractivity contribution is 0.0878. The predicted molar refractivity (Wildman–Crippen MR) is 53.5 cm³/mol. The van der Waals surface area contributed by atoms with Crippen molar-refractivity contribution in [3.63, 3.8) is 0 Å². The van der Waals surface area contributed by atoms with Crippen molar-refractivity contribution in [2.75, 3.05) is 6.54 Å². The van der Waals surface area contributed by atoms with E-state index in [1.807, 2.05) is 0 Å². The number of halogens is 1. The smallest absolute Gasteiger partial charge is 0.0580 e. The van der Waals surface area contributed by atoms with Gasteiger partial charge in [0.2, 0.25) is 0 Å². The topological polar surface area (TPSA) is 46.2 Å². The molecule has 0 aromatic carbocycles. The average molecular weight is 194 g/mol. The molecule has 0 aromatic rings. The van der Waals surface area contributed by atoms with Gasteiger partial charge in [-0.3, -0.25) is 0 Å². The maximum Gasteiger partial charge on any atom is 0.0580 e. The van der Waals surface area contributed by atoms with Crippen molar-refractivity contribution in [2.24, 2.45) is 11.7 Å². The van der Waals surface area contributed by atoms with E-state index in [-0.39, 0.29) is 18.5 Å². The van der Waals surface area contributed by atoms with Gasteiger partial charge in [0.15, 0.2) is 0 Å². The Bertz CT molecular complexity index is 111. The molecule has 0 bridgehead atoms. The molecule has 0 aromatic heterocycles. The van der Waals surface area contributed by atoms with E-state index in [9.17, 15) is 5.11 Å². The maximum absolute atomic E-state index is 9.59. The predicted octanol–water partition coefficient (Wildman–Crippen LogP) is 1.70. The Balaban J connectivity index is 0.00000121. The molecule has 1 fully saturated rings. The molecule has 0 heterocycles. The number of hydrogen-bond acceptors (Lipinski definition) is 2. The van der Waals surface area contributed by atoms with Gasteiger partial charge in [0.05, 0.1) is 6.10 Å². The molecule has 1 rings (SSSR count). The fourth-order valence-electron chi connectivity index (χ4n) is 1.82. The van der Waals surface area contributed by atoms with Gasteiger partial charge in [-0.15, -0.1) is 12.4 Å². The van der Waals surface area contributed by atoms with Crippen molar-refractivity contribution in [1.29, 1.82) is 0 Å². The van der Waals surface area contributed by atoms with Crippen LogP contribution in [0.15, 0.2) is 0 Å². The Morgan fingerprint density at radius 1 is 1.08 bits per heavy atom. The van der Waals surface area contributed by atoms with Crippen molar-refractivity contribution in [2.45, 2.75) is 44.6 Å². The van der Waals surface area contributed by atoms with Crippen molar-refractivity contribution in [3.8, 4) is 0 Å². The van der Waals surface area contributed by atoms with Crippen LogP contribution in [-0.4, -0.2) is 17.8 Å². The molecule has 0 radical (unpaired) electrons. The molecule has 3 heteroatoms. The van der Waals surface area contributed by atoms with Crippen LogP contribution in [-0.2, 0) is 0 Å². The lowest BCUT2D eigenvalue weighted by Gasteiger charge is -2.23. The van der Waals surface area contributed by atoms with E-state index in [1.165, 1.54) is 25.7 Å². The molecule has 2 nitrogen and oxygen atoms in total. The first-order valence-electron chi connectivity index (χ1n) is 4.72. The Kier molecular flexibility index (Phi) is 6.81. The molecule has 1 saturated carbocycles. The lowest BCUT2D eigenvalue weighted by Crippen LogP contribution is -2.28. The number of nitrogens with two attached hydrogens (primary N) is 1. The van der Waals surface area contributed by atoms with Crippen LogP contribution in [0.4, 0.5) is 0 Å². The van der Waals surface area contributed by atoms with Crippen molar-refractivity contribution < 1.29 is 5.11 Å². The summed E-state index contributed by atoms with van der Waals surface area (Å²) in [6.07, 6.45) is 6.99. The van der Waals surface area contributed by atoms with Gasteiger partial charge in [0.1, 0.15) is 0 Å². The van der Waals surface area contributed by atoms with Crippen LogP contribution in [0.3, 0.4) is 0 Å². The average Bonchev–Trinajstić information content (AvgIpc) is 1.98. The summed E-state index contributed by atoms with van der Waals surface area (Å²) >= 11 is 0. The van der Waals surface area contributed by atoms with E-state index in [2.05, 4.69) is 0 Å². The quantitative estimate of drug-likeness (QED) is 0.666. The summed E-state index contributed by atoms with van der Waals surface area (Å²) in [5.74, 6) is 0.371. The SMILES string of the molecule is Cl.NC[C@@H]1CCCCCC[C@@H]1O. The third-order valence-electron chi connectivity index (χ3n) is 2.67. The minimum Gasteiger partial charge on any atom is -0.393 e. The molecule has 0 spiro atoms. The normalized spacial score (nSPS) is 31.5. The second-order valence-corrected chi connectivity index (χ2v) is 3.55. The zero-order chi connectivity index (χ0) is 8.10. The molecule has 0 unspecified atom stereocenters. The molecule has 1 aliphatic rings. The van der Waals surface area contributed by atoms with Crippen molar-refractivity contribution >= 4 is 12.4 Å². The first kappa shape index (κ1) is 12.2. The van der Waals surface area contributed by atoms with Gasteiger partial charge in [0.25, 0.3) is 0 Å². The molecular weight excluding hydrogens is 174 g/mol. The first-order valence-corrected chi connectivity index (χ1v) is 4.72. The number of hydrogen-bond donors (Lipinski definition) is 2. The van der Waals surface area contributed by atoms with E-state index in [4.69, 9.17) is 5.73 Å². The first-order chi connectivity index (χ1) is 5.34. The summed E-state index contributed by atoms with van der Waals surface area (Å²) in [5.41, 5.74) is 5.55. The van der Waals surface area contributed by atoms with Crippen molar-refractivity contribution in [1.82, 2.24) is 0 Å². The van der Waals surface area contributed by atoms with Crippen LogP contribution >= 0.6 is 12.4 Å². The Morgan fingerprint density at radius 2 is 1.67 bits per heavy atom. The monoisotopic (exact) mass is 193 g/mol. The van der Waals surface area contributed by atoms with Gasteiger partial charge in [0, 0.05) is 0 Å². The Morgan fingerprint density at radius 3 is 2.25 bits per heavy atom. The van der Waals surface area contributed by atoms with E-state index < -0.39 is 0 Å². The highest BCUT2D eigenvalue weighted by atomic mass is 35.5. The van der Waals surface area contributed by atoms with Crippen LogP contribution in [0.2, 0.25) is 0 Å². The van der Waals surface area contributed by atoms with Crippen LogP contribution < -0.4 is 5.73 Å². The highest BCUT2D eigenvalue weighted by Crippen LogP contribution is 2.21. The third kappa shape index (κ3) is 3.74. The minimum absolute atomic E-state index is 0. The van der Waals surface area contributed by atoms with Gasteiger partial charge < -0.3 is 10.8 Å². The molecule has 0 saturated heterocycles. The Hall–Kier alpha value is 0.210. The van der Waals surface area contributed by atoms with Crippen LogP contribution in [0.1, 0.15) is 38.5 Å². The molecule has 3 N–H and O–H groups in total. The number of rotatable bonds is 1. The fourth-order valence-corrected chi connectivity index (χ4v) is 1.82. The number of aliphatic hydroxyl groups is 1. The van der Waals surface area contributed by atoms with Gasteiger partial charge in [-0.25, -0.2) is 0 Å². The van der Waals surface area contributed by atoms with E-state index >= 15 is 0 Å². The third-order valence-corrected chi connectivity index (χ3v) is 2.67. The molecule has 0 amide bonds. The second-order valence-electron chi connectivity index (χ2n) is 3.55. The summed E-state index contributed by atoms with van der Waals surface area (Å²) in [6, 6.07) is 0. The van der Waals surface area contributed by atoms with Gasteiger partial charge in [-0.2, -0.15) is 0 Å². The lowest BCUT2D eigenvalue weighted by atomic mass is 9.89. The molecule has 12 heavy (non-hydrogen) atoms. The Labute approximate surface area is 80.9 Å². The largest absolute Gasteiger partial charge is 0.393 e.